The summed E-state index contributed by atoms with van der Waals surface area (Å²) >= 11 is 1.57. The maximum Gasteiger partial charge on any atom is 0.251 e. The molecule has 0 radical (unpaired) electrons. The minimum Gasteiger partial charge on any atom is -0.396 e. The number of hydrogen-bond acceptors (Lipinski definition) is 4. The molecule has 1 aromatic heterocycles. The van der Waals surface area contributed by atoms with Gasteiger partial charge in [0.2, 0.25) is 0 Å². The number of aliphatic hydroxyl groups excluding tert-OH is 1. The van der Waals surface area contributed by atoms with Crippen LogP contribution in [0.2, 0.25) is 0 Å². The third kappa shape index (κ3) is 5.16. The Hall–Kier alpha value is -1.85. The Morgan fingerprint density at radius 3 is 2.73 bits per heavy atom. The minimum atomic E-state index is -0.0740. The van der Waals surface area contributed by atoms with Crippen molar-refractivity contribution in [2.45, 2.75) is 24.3 Å². The Morgan fingerprint density at radius 2 is 2.09 bits per heavy atom. The second kappa shape index (κ2) is 8.56. The molecule has 0 aliphatic rings. The van der Waals surface area contributed by atoms with Crippen LogP contribution in [-0.4, -0.2) is 34.4 Å². The number of aromatic nitrogens is 1. The zero-order valence-corrected chi connectivity index (χ0v) is 13.3. The number of amides is 1. The van der Waals surface area contributed by atoms with Crippen LogP contribution >= 0.6 is 11.8 Å². The van der Waals surface area contributed by atoms with Crippen LogP contribution in [0.3, 0.4) is 0 Å². The van der Waals surface area contributed by atoms with Gasteiger partial charge >= 0.3 is 0 Å². The summed E-state index contributed by atoms with van der Waals surface area (Å²) in [6, 6.07) is 11.4. The van der Waals surface area contributed by atoms with Crippen molar-refractivity contribution in [1.29, 1.82) is 0 Å². The summed E-state index contributed by atoms with van der Waals surface area (Å²) in [7, 11) is 0. The summed E-state index contributed by atoms with van der Waals surface area (Å²) < 4.78 is 0. The number of benzene rings is 1. The van der Waals surface area contributed by atoms with E-state index in [0.717, 1.165) is 16.9 Å². The topological polar surface area (TPSA) is 62.2 Å². The molecule has 22 heavy (non-hydrogen) atoms. The van der Waals surface area contributed by atoms with Gasteiger partial charge in [-0.15, -0.1) is 11.8 Å². The highest BCUT2D eigenvalue weighted by Crippen LogP contribution is 2.17. The van der Waals surface area contributed by atoms with Gasteiger partial charge in [0, 0.05) is 34.6 Å². The molecule has 4 nitrogen and oxygen atoms in total. The van der Waals surface area contributed by atoms with Crippen molar-refractivity contribution >= 4 is 17.7 Å². The molecule has 0 spiro atoms. The highest BCUT2D eigenvalue weighted by atomic mass is 32.2. The third-order valence-corrected chi connectivity index (χ3v) is 4.11. The summed E-state index contributed by atoms with van der Waals surface area (Å²) in [4.78, 5) is 17.3. The molecule has 0 fully saturated rings. The molecule has 116 valence electrons. The molecule has 2 aromatic rings. The highest BCUT2D eigenvalue weighted by molar-refractivity contribution is 7.99. The van der Waals surface area contributed by atoms with Gasteiger partial charge in [-0.25, -0.2) is 0 Å². The van der Waals surface area contributed by atoms with Gasteiger partial charge < -0.3 is 10.4 Å². The van der Waals surface area contributed by atoms with Crippen LogP contribution < -0.4 is 5.32 Å². The number of hydrogen-bond donors (Lipinski definition) is 2. The van der Waals surface area contributed by atoms with Crippen molar-refractivity contribution in [1.82, 2.24) is 10.3 Å². The predicted octanol–water partition coefficient (Wildman–Crippen LogP) is 2.53. The third-order valence-electron chi connectivity index (χ3n) is 3.12. The largest absolute Gasteiger partial charge is 0.396 e. The summed E-state index contributed by atoms with van der Waals surface area (Å²) in [6.45, 7) is 2.13. The molecular formula is C17H20N2O2S. The van der Waals surface area contributed by atoms with Crippen molar-refractivity contribution in [3.8, 4) is 0 Å². The second-order valence-electron chi connectivity index (χ2n) is 5.04. The van der Waals surface area contributed by atoms with E-state index < -0.39 is 0 Å². The fraction of sp³-hybridized carbons (Fsp3) is 0.294. The van der Waals surface area contributed by atoms with Crippen molar-refractivity contribution in [3.05, 3.63) is 59.9 Å². The molecule has 1 atom stereocenters. The van der Waals surface area contributed by atoms with Crippen molar-refractivity contribution in [2.24, 2.45) is 0 Å². The van der Waals surface area contributed by atoms with Crippen LogP contribution in [0.4, 0.5) is 0 Å². The standard InChI is InChI=1S/C17H20N2O2S/c1-13(11-14-3-2-8-18-12-14)19-17(21)15-4-6-16(7-5-15)22-10-9-20/h2-8,12-13,20H,9-11H2,1H3,(H,19,21)/t13-/m1/s1. The molecule has 5 heteroatoms. The van der Waals surface area contributed by atoms with E-state index >= 15 is 0 Å². The van der Waals surface area contributed by atoms with Crippen molar-refractivity contribution < 1.29 is 9.90 Å². The lowest BCUT2D eigenvalue weighted by Crippen LogP contribution is -2.34. The number of carbonyl (C=O) groups excluding carboxylic acids is 1. The van der Waals surface area contributed by atoms with Crippen molar-refractivity contribution in [3.63, 3.8) is 0 Å². The summed E-state index contributed by atoms with van der Waals surface area (Å²) in [5, 5.41) is 11.8. The Labute approximate surface area is 135 Å². The number of thioether (sulfide) groups is 1. The van der Waals surface area contributed by atoms with E-state index in [9.17, 15) is 4.79 Å². The first kappa shape index (κ1) is 16.5. The van der Waals surface area contributed by atoms with Crippen LogP contribution in [0.25, 0.3) is 0 Å². The van der Waals surface area contributed by atoms with Crippen LogP contribution in [0, 0.1) is 0 Å². The van der Waals surface area contributed by atoms with E-state index in [-0.39, 0.29) is 18.6 Å². The van der Waals surface area contributed by atoms with Gasteiger partial charge in [0.15, 0.2) is 0 Å². The van der Waals surface area contributed by atoms with Gasteiger partial charge in [0.25, 0.3) is 5.91 Å². The number of carbonyl (C=O) groups is 1. The average molecular weight is 316 g/mol. The van der Waals surface area contributed by atoms with E-state index in [1.54, 1.807) is 18.0 Å². The molecule has 0 aliphatic carbocycles. The van der Waals surface area contributed by atoms with Crippen LogP contribution in [-0.2, 0) is 6.42 Å². The molecule has 0 aliphatic heterocycles. The Kier molecular flexibility index (Phi) is 6.43. The Morgan fingerprint density at radius 1 is 1.32 bits per heavy atom. The van der Waals surface area contributed by atoms with E-state index in [4.69, 9.17) is 5.11 Å². The van der Waals surface area contributed by atoms with Crippen LogP contribution in [0.5, 0.6) is 0 Å². The van der Waals surface area contributed by atoms with Gasteiger partial charge in [-0.2, -0.15) is 0 Å². The van der Waals surface area contributed by atoms with Gasteiger partial charge in [-0.05, 0) is 49.2 Å². The first-order valence-corrected chi connectivity index (χ1v) is 8.21. The molecule has 0 saturated heterocycles. The van der Waals surface area contributed by atoms with E-state index in [1.165, 1.54) is 0 Å². The average Bonchev–Trinajstić information content (AvgIpc) is 2.54. The quantitative estimate of drug-likeness (QED) is 0.771. The van der Waals surface area contributed by atoms with Crippen LogP contribution in [0.1, 0.15) is 22.8 Å². The SMILES string of the molecule is C[C@H](Cc1cccnc1)NC(=O)c1ccc(SCCO)cc1. The molecule has 0 bridgehead atoms. The Bertz CT molecular complexity index is 587. The number of rotatable bonds is 7. The number of pyridine rings is 1. The maximum atomic E-state index is 12.2. The summed E-state index contributed by atoms with van der Waals surface area (Å²) in [5.74, 6) is 0.586. The van der Waals surface area contributed by atoms with E-state index in [0.29, 0.717) is 11.3 Å². The predicted molar refractivity (Wildman–Crippen MR) is 89.1 cm³/mol. The molecule has 1 heterocycles. The fourth-order valence-corrected chi connectivity index (χ4v) is 2.75. The van der Waals surface area contributed by atoms with Gasteiger partial charge in [0.05, 0.1) is 6.61 Å². The summed E-state index contributed by atoms with van der Waals surface area (Å²) in [6.07, 6.45) is 4.31. The molecular weight excluding hydrogens is 296 g/mol. The molecule has 2 rings (SSSR count). The fourth-order valence-electron chi connectivity index (χ4n) is 2.10. The number of aliphatic hydroxyl groups is 1. The first-order valence-electron chi connectivity index (χ1n) is 7.22. The molecule has 0 unspecified atom stereocenters. The molecule has 0 saturated carbocycles. The minimum absolute atomic E-state index is 0.0418. The van der Waals surface area contributed by atoms with Gasteiger partial charge in [-0.1, -0.05) is 6.07 Å². The maximum absolute atomic E-state index is 12.2. The normalized spacial score (nSPS) is 11.9. The lowest BCUT2D eigenvalue weighted by molar-refractivity contribution is 0.0940. The lowest BCUT2D eigenvalue weighted by Gasteiger charge is -2.14. The lowest BCUT2D eigenvalue weighted by atomic mass is 10.1. The number of nitrogens with zero attached hydrogens (tertiary/aromatic N) is 1. The molecule has 1 amide bonds. The van der Waals surface area contributed by atoms with Crippen LogP contribution in [0.15, 0.2) is 53.7 Å². The summed E-state index contributed by atoms with van der Waals surface area (Å²) in [5.41, 5.74) is 1.75. The highest BCUT2D eigenvalue weighted by Gasteiger charge is 2.10. The zero-order valence-electron chi connectivity index (χ0n) is 12.5. The smallest absolute Gasteiger partial charge is 0.251 e. The molecule has 1 aromatic carbocycles. The zero-order chi connectivity index (χ0) is 15.8. The molecule has 2 N–H and O–H groups in total. The van der Waals surface area contributed by atoms with Gasteiger partial charge in [0.1, 0.15) is 0 Å². The van der Waals surface area contributed by atoms with E-state index in [2.05, 4.69) is 10.3 Å². The van der Waals surface area contributed by atoms with E-state index in [1.807, 2.05) is 49.5 Å². The number of nitrogens with one attached hydrogen (secondary N) is 1. The monoisotopic (exact) mass is 316 g/mol. The first-order chi connectivity index (χ1) is 10.7. The van der Waals surface area contributed by atoms with Crippen molar-refractivity contribution in [2.75, 3.05) is 12.4 Å². The second-order valence-corrected chi connectivity index (χ2v) is 6.20. The van der Waals surface area contributed by atoms with Gasteiger partial charge in [-0.3, -0.25) is 9.78 Å². The Balaban J connectivity index is 1.88.